The largest absolute Gasteiger partial charge is 0.410 e. The standard InChI is InChI=1S/C26H42O2Si/c1-20(15-16-24-13-11-10-12-14-24)17-22(3)25(23(4)18-21(2)19-27)28-29(8,9)26(5,6)7/h10-14,17-20,23,25H,15-16H2,1-9H3/b21-18+,22-17+/t20-,23+,25-/m0/s1. The van der Waals surface area contributed by atoms with E-state index in [1.807, 2.05) is 6.92 Å². The Morgan fingerprint density at radius 1 is 1.07 bits per heavy atom. The first-order valence-corrected chi connectivity index (χ1v) is 13.8. The number of aldehydes is 1. The molecule has 162 valence electrons. The van der Waals surface area contributed by atoms with Crippen LogP contribution < -0.4 is 0 Å². The van der Waals surface area contributed by atoms with Crippen LogP contribution in [0.2, 0.25) is 18.1 Å². The molecular formula is C26H42O2Si. The molecule has 0 aliphatic carbocycles. The Kier molecular flexibility index (Phi) is 9.77. The van der Waals surface area contributed by atoms with E-state index in [0.717, 1.165) is 24.7 Å². The van der Waals surface area contributed by atoms with Gasteiger partial charge in [0.1, 0.15) is 6.29 Å². The summed E-state index contributed by atoms with van der Waals surface area (Å²) in [6.45, 7) is 19.9. The summed E-state index contributed by atoms with van der Waals surface area (Å²) in [5, 5.41) is 0.146. The van der Waals surface area contributed by atoms with Gasteiger partial charge in [0.15, 0.2) is 8.32 Å². The molecule has 2 nitrogen and oxygen atoms in total. The van der Waals surface area contributed by atoms with E-state index in [9.17, 15) is 4.79 Å². The fourth-order valence-corrected chi connectivity index (χ4v) is 4.71. The Morgan fingerprint density at radius 3 is 2.17 bits per heavy atom. The van der Waals surface area contributed by atoms with Crippen LogP contribution in [0.25, 0.3) is 0 Å². The van der Waals surface area contributed by atoms with E-state index < -0.39 is 8.32 Å². The molecule has 29 heavy (non-hydrogen) atoms. The Hall–Kier alpha value is -1.45. The third kappa shape index (κ3) is 8.44. The zero-order chi connectivity index (χ0) is 22.2. The van der Waals surface area contributed by atoms with Crippen LogP contribution >= 0.6 is 0 Å². The highest BCUT2D eigenvalue weighted by Gasteiger charge is 2.40. The summed E-state index contributed by atoms with van der Waals surface area (Å²) in [7, 11) is -1.94. The summed E-state index contributed by atoms with van der Waals surface area (Å²) in [5.41, 5.74) is 3.43. The number of carbonyl (C=O) groups excluding carboxylic acids is 1. The van der Waals surface area contributed by atoms with Crippen molar-refractivity contribution in [1.82, 2.24) is 0 Å². The van der Waals surface area contributed by atoms with Gasteiger partial charge < -0.3 is 4.43 Å². The fraction of sp³-hybridized carbons (Fsp3) is 0.577. The summed E-state index contributed by atoms with van der Waals surface area (Å²) < 4.78 is 6.85. The number of aryl methyl sites for hydroxylation is 1. The Morgan fingerprint density at radius 2 is 1.66 bits per heavy atom. The second-order valence-electron chi connectivity index (χ2n) is 10.1. The number of allylic oxidation sites excluding steroid dienone is 2. The SMILES string of the molecule is C/C(C=O)=C\[C@@H](C)[C@@H](O[Si](C)(C)C(C)(C)C)/C(C)=C/[C@@H](C)CCc1ccccc1. The van der Waals surface area contributed by atoms with Gasteiger partial charge in [-0.2, -0.15) is 0 Å². The molecule has 0 unspecified atom stereocenters. The van der Waals surface area contributed by atoms with E-state index >= 15 is 0 Å². The molecule has 1 aromatic carbocycles. The molecule has 3 atom stereocenters. The number of benzene rings is 1. The molecule has 0 aliphatic rings. The fourth-order valence-electron chi connectivity index (χ4n) is 3.32. The molecule has 0 aliphatic heterocycles. The second kappa shape index (κ2) is 11.1. The lowest BCUT2D eigenvalue weighted by Gasteiger charge is -2.41. The minimum Gasteiger partial charge on any atom is -0.410 e. The van der Waals surface area contributed by atoms with Gasteiger partial charge in [-0.15, -0.1) is 0 Å². The van der Waals surface area contributed by atoms with Crippen molar-refractivity contribution in [2.24, 2.45) is 11.8 Å². The minimum absolute atomic E-state index is 0.00460. The lowest BCUT2D eigenvalue weighted by Crippen LogP contribution is -2.45. The number of rotatable bonds is 10. The highest BCUT2D eigenvalue weighted by Crippen LogP contribution is 2.39. The van der Waals surface area contributed by atoms with Crippen molar-refractivity contribution >= 4 is 14.6 Å². The second-order valence-corrected chi connectivity index (χ2v) is 14.9. The third-order valence-corrected chi connectivity index (χ3v) is 10.6. The first-order valence-electron chi connectivity index (χ1n) is 10.9. The van der Waals surface area contributed by atoms with E-state index in [0.29, 0.717) is 5.92 Å². The normalized spacial score (nSPS) is 17.0. The zero-order valence-corrected chi connectivity index (χ0v) is 21.1. The highest BCUT2D eigenvalue weighted by molar-refractivity contribution is 6.74. The van der Waals surface area contributed by atoms with Crippen LogP contribution in [0, 0.1) is 11.8 Å². The maximum atomic E-state index is 11.2. The van der Waals surface area contributed by atoms with Crippen molar-refractivity contribution in [3.05, 3.63) is 59.2 Å². The average Bonchev–Trinajstić information content (AvgIpc) is 2.64. The van der Waals surface area contributed by atoms with Crippen LogP contribution in [0.4, 0.5) is 0 Å². The van der Waals surface area contributed by atoms with Gasteiger partial charge in [-0.05, 0) is 67.4 Å². The van der Waals surface area contributed by atoms with Gasteiger partial charge in [0.25, 0.3) is 0 Å². The topological polar surface area (TPSA) is 26.3 Å². The minimum atomic E-state index is -1.94. The van der Waals surface area contributed by atoms with Crippen molar-refractivity contribution in [3.63, 3.8) is 0 Å². The molecule has 1 aromatic rings. The quantitative estimate of drug-likeness (QED) is 0.173. The van der Waals surface area contributed by atoms with E-state index in [4.69, 9.17) is 4.43 Å². The molecule has 1 rings (SSSR count). The molecule has 0 N–H and O–H groups in total. The van der Waals surface area contributed by atoms with Crippen molar-refractivity contribution in [2.45, 2.75) is 85.5 Å². The van der Waals surface area contributed by atoms with Gasteiger partial charge in [0, 0.05) is 5.92 Å². The van der Waals surface area contributed by atoms with Gasteiger partial charge in [-0.3, -0.25) is 4.79 Å². The van der Waals surface area contributed by atoms with Gasteiger partial charge in [-0.1, -0.05) is 77.1 Å². The Balaban J connectivity index is 3.02. The molecule has 0 bridgehead atoms. The van der Waals surface area contributed by atoms with E-state index in [2.05, 4.69) is 97.1 Å². The molecule has 0 saturated carbocycles. The maximum Gasteiger partial charge on any atom is 0.192 e. The number of hydrogen-bond acceptors (Lipinski definition) is 2. The first-order chi connectivity index (χ1) is 13.4. The summed E-state index contributed by atoms with van der Waals surface area (Å²) in [5.74, 6) is 0.635. The van der Waals surface area contributed by atoms with Crippen molar-refractivity contribution in [2.75, 3.05) is 0 Å². The molecule has 0 heterocycles. The number of hydrogen-bond donors (Lipinski definition) is 0. The van der Waals surface area contributed by atoms with Crippen LogP contribution in [0.1, 0.15) is 60.5 Å². The van der Waals surface area contributed by atoms with Gasteiger partial charge >= 0.3 is 0 Å². The van der Waals surface area contributed by atoms with E-state index in [1.165, 1.54) is 11.1 Å². The van der Waals surface area contributed by atoms with Gasteiger partial charge in [0.2, 0.25) is 0 Å². The molecule has 0 saturated heterocycles. The lowest BCUT2D eigenvalue weighted by atomic mass is 9.92. The summed E-state index contributed by atoms with van der Waals surface area (Å²) in [6, 6.07) is 10.7. The summed E-state index contributed by atoms with van der Waals surface area (Å²) in [6.07, 6.45) is 7.56. The molecule has 0 fully saturated rings. The highest BCUT2D eigenvalue weighted by atomic mass is 28.4. The predicted octanol–water partition coefficient (Wildman–Crippen LogP) is 7.37. The molecular weight excluding hydrogens is 372 g/mol. The third-order valence-electron chi connectivity index (χ3n) is 6.14. The zero-order valence-electron chi connectivity index (χ0n) is 20.1. The van der Waals surface area contributed by atoms with E-state index in [-0.39, 0.29) is 17.1 Å². The lowest BCUT2D eigenvalue weighted by molar-refractivity contribution is -0.104. The molecule has 3 heteroatoms. The van der Waals surface area contributed by atoms with E-state index in [1.54, 1.807) is 0 Å². The van der Waals surface area contributed by atoms with Crippen LogP contribution in [0.3, 0.4) is 0 Å². The molecule has 0 spiro atoms. The van der Waals surface area contributed by atoms with Crippen LogP contribution in [0.15, 0.2) is 53.6 Å². The first kappa shape index (κ1) is 25.6. The van der Waals surface area contributed by atoms with Crippen LogP contribution in [-0.4, -0.2) is 20.7 Å². The molecule has 0 aromatic heterocycles. The predicted molar refractivity (Wildman–Crippen MR) is 129 cm³/mol. The maximum absolute atomic E-state index is 11.2. The molecule has 0 amide bonds. The smallest absolute Gasteiger partial charge is 0.192 e. The van der Waals surface area contributed by atoms with Crippen molar-refractivity contribution in [3.8, 4) is 0 Å². The average molecular weight is 415 g/mol. The Bertz CT molecular complexity index is 695. The monoisotopic (exact) mass is 414 g/mol. The number of carbonyl (C=O) groups is 1. The molecule has 0 radical (unpaired) electrons. The van der Waals surface area contributed by atoms with Crippen molar-refractivity contribution in [1.29, 1.82) is 0 Å². The summed E-state index contributed by atoms with van der Waals surface area (Å²) in [4.78, 5) is 11.2. The summed E-state index contributed by atoms with van der Waals surface area (Å²) >= 11 is 0. The van der Waals surface area contributed by atoms with Crippen molar-refractivity contribution < 1.29 is 9.22 Å². The van der Waals surface area contributed by atoms with Gasteiger partial charge in [0.05, 0.1) is 6.10 Å². The van der Waals surface area contributed by atoms with Gasteiger partial charge in [-0.25, -0.2) is 0 Å². The van der Waals surface area contributed by atoms with Crippen LogP contribution in [-0.2, 0) is 15.6 Å². The van der Waals surface area contributed by atoms with Crippen LogP contribution in [0.5, 0.6) is 0 Å². The Labute approximate surface area is 180 Å².